The Hall–Kier alpha value is -1.62. The van der Waals surface area contributed by atoms with E-state index in [2.05, 4.69) is 30.0 Å². The summed E-state index contributed by atoms with van der Waals surface area (Å²) in [6.45, 7) is 11.5. The molecule has 1 aromatic heterocycles. The number of ether oxygens (including phenoxy) is 1. The zero-order valence-electron chi connectivity index (χ0n) is 13.2. The number of amides is 1. The second-order valence-electron chi connectivity index (χ2n) is 5.61. The molecular formula is C16H25N3O2. The molecule has 1 amide bonds. The Kier molecular flexibility index (Phi) is 5.17. The predicted molar refractivity (Wildman–Crippen MR) is 82.1 cm³/mol. The molecule has 0 radical (unpaired) electrons. The molecule has 0 bridgehead atoms. The lowest BCUT2D eigenvalue weighted by Crippen LogP contribution is -2.42. The van der Waals surface area contributed by atoms with E-state index < -0.39 is 0 Å². The molecule has 1 aromatic rings. The van der Waals surface area contributed by atoms with Crippen molar-refractivity contribution in [2.75, 3.05) is 19.8 Å². The third kappa shape index (κ3) is 3.18. The molecule has 21 heavy (non-hydrogen) atoms. The summed E-state index contributed by atoms with van der Waals surface area (Å²) in [5, 5.41) is 0. The van der Waals surface area contributed by atoms with Gasteiger partial charge in [0.05, 0.1) is 37.0 Å². The van der Waals surface area contributed by atoms with Gasteiger partial charge in [0.15, 0.2) is 0 Å². The Morgan fingerprint density at radius 2 is 2.38 bits per heavy atom. The van der Waals surface area contributed by atoms with Crippen LogP contribution < -0.4 is 0 Å². The van der Waals surface area contributed by atoms with Crippen LogP contribution in [0.1, 0.15) is 50.7 Å². The highest BCUT2D eigenvalue weighted by molar-refractivity contribution is 5.76. The summed E-state index contributed by atoms with van der Waals surface area (Å²) in [5.74, 6) is 0.171. The molecular weight excluding hydrogens is 266 g/mol. The second-order valence-corrected chi connectivity index (χ2v) is 5.61. The minimum atomic E-state index is -0.0500. The standard InChI is InChI=1S/C16H25N3O2/c1-5-9-21-10-14-16-13(17-11-19(16)12(3)4)7-8-18(14)15(20)6-2/h5,11-12,14H,1,6-10H2,2-4H3/t14-/m0/s1. The fourth-order valence-electron chi connectivity index (χ4n) is 2.84. The summed E-state index contributed by atoms with van der Waals surface area (Å²) in [6.07, 6.45) is 4.95. The Morgan fingerprint density at radius 1 is 1.62 bits per heavy atom. The van der Waals surface area contributed by atoms with E-state index in [0.29, 0.717) is 25.7 Å². The monoisotopic (exact) mass is 291 g/mol. The number of hydrogen-bond acceptors (Lipinski definition) is 3. The molecule has 0 aliphatic carbocycles. The third-order valence-corrected chi connectivity index (χ3v) is 3.88. The topological polar surface area (TPSA) is 47.4 Å². The van der Waals surface area contributed by atoms with Gasteiger partial charge in [-0.05, 0) is 13.8 Å². The molecule has 0 saturated carbocycles. The summed E-state index contributed by atoms with van der Waals surface area (Å²) in [5.41, 5.74) is 2.22. The van der Waals surface area contributed by atoms with Crippen LogP contribution in [0.4, 0.5) is 0 Å². The van der Waals surface area contributed by atoms with Gasteiger partial charge in [-0.15, -0.1) is 6.58 Å². The van der Waals surface area contributed by atoms with E-state index in [-0.39, 0.29) is 11.9 Å². The molecule has 116 valence electrons. The molecule has 0 saturated heterocycles. The van der Waals surface area contributed by atoms with Crippen molar-refractivity contribution in [2.45, 2.75) is 45.7 Å². The van der Waals surface area contributed by atoms with Gasteiger partial charge in [0.1, 0.15) is 0 Å². The summed E-state index contributed by atoms with van der Waals surface area (Å²) in [7, 11) is 0. The first-order valence-corrected chi connectivity index (χ1v) is 7.63. The highest BCUT2D eigenvalue weighted by Gasteiger charge is 2.34. The maximum atomic E-state index is 12.2. The first-order chi connectivity index (χ1) is 10.1. The van der Waals surface area contributed by atoms with Crippen LogP contribution in [0.3, 0.4) is 0 Å². The fraction of sp³-hybridized carbons (Fsp3) is 0.625. The molecule has 5 heteroatoms. The number of nitrogens with zero attached hydrogens (tertiary/aromatic N) is 3. The van der Waals surface area contributed by atoms with Crippen molar-refractivity contribution in [3.05, 3.63) is 30.4 Å². The lowest BCUT2D eigenvalue weighted by Gasteiger charge is -2.36. The number of carbonyl (C=O) groups is 1. The Morgan fingerprint density at radius 3 is 3.00 bits per heavy atom. The van der Waals surface area contributed by atoms with E-state index in [1.165, 1.54) is 0 Å². The van der Waals surface area contributed by atoms with Gasteiger partial charge in [0.2, 0.25) is 5.91 Å². The average Bonchev–Trinajstić information content (AvgIpc) is 2.91. The molecule has 0 spiro atoms. The first kappa shape index (κ1) is 15.8. The SMILES string of the molecule is C=CCOC[C@H]1c2c(ncn2C(C)C)CCN1C(=O)CC. The first-order valence-electron chi connectivity index (χ1n) is 7.63. The molecule has 1 aliphatic heterocycles. The smallest absolute Gasteiger partial charge is 0.222 e. The highest BCUT2D eigenvalue weighted by Crippen LogP contribution is 2.31. The average molecular weight is 291 g/mol. The second kappa shape index (κ2) is 6.89. The van der Waals surface area contributed by atoms with Crippen molar-refractivity contribution in [1.29, 1.82) is 0 Å². The van der Waals surface area contributed by atoms with E-state index in [1.807, 2.05) is 18.2 Å². The van der Waals surface area contributed by atoms with Gasteiger partial charge < -0.3 is 14.2 Å². The number of carbonyl (C=O) groups excluding carboxylic acids is 1. The molecule has 1 aliphatic rings. The zero-order valence-corrected chi connectivity index (χ0v) is 13.2. The van der Waals surface area contributed by atoms with E-state index in [9.17, 15) is 4.79 Å². The quantitative estimate of drug-likeness (QED) is 0.597. The fourth-order valence-corrected chi connectivity index (χ4v) is 2.84. The van der Waals surface area contributed by atoms with Crippen molar-refractivity contribution < 1.29 is 9.53 Å². The molecule has 2 heterocycles. The van der Waals surface area contributed by atoms with Gasteiger partial charge in [0, 0.05) is 25.4 Å². The van der Waals surface area contributed by atoms with Crippen molar-refractivity contribution in [3.8, 4) is 0 Å². The van der Waals surface area contributed by atoms with Crippen molar-refractivity contribution in [1.82, 2.24) is 14.5 Å². The summed E-state index contributed by atoms with van der Waals surface area (Å²) < 4.78 is 7.81. The minimum Gasteiger partial charge on any atom is -0.375 e. The Bertz CT molecular complexity index is 508. The lowest BCUT2D eigenvalue weighted by atomic mass is 10.0. The van der Waals surface area contributed by atoms with Crippen LogP contribution in [0.15, 0.2) is 19.0 Å². The number of imidazole rings is 1. The summed E-state index contributed by atoms with van der Waals surface area (Å²) in [6, 6.07) is 0.269. The van der Waals surface area contributed by atoms with E-state index in [1.54, 1.807) is 6.08 Å². The van der Waals surface area contributed by atoms with Gasteiger partial charge in [-0.1, -0.05) is 13.0 Å². The van der Waals surface area contributed by atoms with E-state index in [0.717, 1.165) is 24.4 Å². The summed E-state index contributed by atoms with van der Waals surface area (Å²) in [4.78, 5) is 18.7. The van der Waals surface area contributed by atoms with Crippen molar-refractivity contribution >= 4 is 5.91 Å². The van der Waals surface area contributed by atoms with Gasteiger partial charge in [-0.3, -0.25) is 4.79 Å². The Labute approximate surface area is 126 Å². The van der Waals surface area contributed by atoms with Gasteiger partial charge in [-0.25, -0.2) is 4.98 Å². The molecule has 5 nitrogen and oxygen atoms in total. The van der Waals surface area contributed by atoms with Gasteiger partial charge >= 0.3 is 0 Å². The number of fused-ring (bicyclic) bond motifs is 1. The van der Waals surface area contributed by atoms with Crippen LogP contribution in [0.2, 0.25) is 0 Å². The molecule has 0 N–H and O–H groups in total. The number of aromatic nitrogens is 2. The van der Waals surface area contributed by atoms with Crippen molar-refractivity contribution in [2.24, 2.45) is 0 Å². The van der Waals surface area contributed by atoms with Crippen LogP contribution in [-0.2, 0) is 16.0 Å². The van der Waals surface area contributed by atoms with Gasteiger partial charge in [-0.2, -0.15) is 0 Å². The predicted octanol–water partition coefficient (Wildman–Crippen LogP) is 2.50. The van der Waals surface area contributed by atoms with E-state index in [4.69, 9.17) is 4.74 Å². The van der Waals surface area contributed by atoms with Crippen molar-refractivity contribution in [3.63, 3.8) is 0 Å². The highest BCUT2D eigenvalue weighted by atomic mass is 16.5. The molecule has 1 atom stereocenters. The van der Waals surface area contributed by atoms with Crippen LogP contribution in [0.25, 0.3) is 0 Å². The number of rotatable bonds is 6. The lowest BCUT2D eigenvalue weighted by molar-refractivity contribution is -0.135. The minimum absolute atomic E-state index is 0.0500. The molecule has 0 unspecified atom stereocenters. The normalized spacial score (nSPS) is 17.9. The largest absolute Gasteiger partial charge is 0.375 e. The maximum Gasteiger partial charge on any atom is 0.222 e. The Balaban J connectivity index is 2.33. The molecule has 0 fully saturated rings. The maximum absolute atomic E-state index is 12.2. The third-order valence-electron chi connectivity index (χ3n) is 3.88. The zero-order chi connectivity index (χ0) is 15.4. The van der Waals surface area contributed by atoms with Crippen LogP contribution in [0.5, 0.6) is 0 Å². The molecule has 2 rings (SSSR count). The van der Waals surface area contributed by atoms with Crippen LogP contribution in [-0.4, -0.2) is 40.1 Å². The molecule has 0 aromatic carbocycles. The van der Waals surface area contributed by atoms with Crippen LogP contribution >= 0.6 is 0 Å². The van der Waals surface area contributed by atoms with E-state index >= 15 is 0 Å². The number of hydrogen-bond donors (Lipinski definition) is 0. The van der Waals surface area contributed by atoms with Gasteiger partial charge in [0.25, 0.3) is 0 Å². The van der Waals surface area contributed by atoms with Crippen LogP contribution in [0, 0.1) is 0 Å². The summed E-state index contributed by atoms with van der Waals surface area (Å²) >= 11 is 0.